The largest absolute Gasteiger partial charge is 0.365 e. The summed E-state index contributed by atoms with van der Waals surface area (Å²) in [5, 5.41) is 11.5. The van der Waals surface area contributed by atoms with Gasteiger partial charge in [-0.2, -0.15) is 5.10 Å². The smallest absolute Gasteiger partial charge is 0.293 e. The molecule has 7 heteroatoms. The number of nitrogens with zero attached hydrogens (tertiary/aromatic N) is 5. The second kappa shape index (κ2) is 6.22. The van der Waals surface area contributed by atoms with Gasteiger partial charge < -0.3 is 14.8 Å². The molecule has 2 aromatic rings. The Kier molecular flexibility index (Phi) is 3.92. The first kappa shape index (κ1) is 15.1. The Bertz CT molecular complexity index is 761. The zero-order valence-corrected chi connectivity index (χ0v) is 13.9. The fourth-order valence-corrected chi connectivity index (χ4v) is 2.98. The van der Waals surface area contributed by atoms with Crippen molar-refractivity contribution in [2.24, 2.45) is 11.8 Å². The molecule has 0 unspecified atom stereocenters. The van der Waals surface area contributed by atoms with Crippen LogP contribution in [0.25, 0.3) is 0 Å². The summed E-state index contributed by atoms with van der Waals surface area (Å²) >= 11 is 0. The molecule has 1 aliphatic heterocycles. The van der Waals surface area contributed by atoms with Crippen molar-refractivity contribution < 1.29 is 0 Å². The molecule has 2 fully saturated rings. The van der Waals surface area contributed by atoms with Crippen molar-refractivity contribution >= 4 is 11.6 Å². The normalized spacial score (nSPS) is 17.6. The molecule has 0 spiro atoms. The zero-order chi connectivity index (χ0) is 16.5. The van der Waals surface area contributed by atoms with Crippen molar-refractivity contribution in [1.29, 1.82) is 0 Å². The number of aromatic nitrogens is 4. The predicted octanol–water partition coefficient (Wildman–Crippen LogP) is 1.30. The lowest BCUT2D eigenvalue weighted by molar-refractivity contribution is 0.424. The van der Waals surface area contributed by atoms with E-state index in [1.165, 1.54) is 12.8 Å². The monoisotopic (exact) mass is 326 g/mol. The van der Waals surface area contributed by atoms with Crippen molar-refractivity contribution in [1.82, 2.24) is 19.7 Å². The van der Waals surface area contributed by atoms with Gasteiger partial charge in [0.1, 0.15) is 0 Å². The van der Waals surface area contributed by atoms with E-state index in [0.29, 0.717) is 17.7 Å². The third-order valence-electron chi connectivity index (χ3n) is 4.69. The van der Waals surface area contributed by atoms with Crippen LogP contribution in [-0.4, -0.2) is 39.4 Å². The van der Waals surface area contributed by atoms with E-state index >= 15 is 0 Å². The van der Waals surface area contributed by atoms with Gasteiger partial charge >= 0.3 is 0 Å². The van der Waals surface area contributed by atoms with Crippen LogP contribution in [0.15, 0.2) is 29.3 Å². The number of nitrogens with one attached hydrogen (secondary N) is 1. The Balaban J connectivity index is 1.30. The summed E-state index contributed by atoms with van der Waals surface area (Å²) in [7, 11) is 0. The standard InChI is InChI=1S/C17H22N6O/c1-12-2-5-15(21-20-12)23-10-14(11-23)8-19-16-17(24)22(7-6-18-16)9-13-3-4-13/h2,5-7,13-14H,3-4,8-11H2,1H3,(H,18,19). The molecule has 2 aromatic heterocycles. The molecule has 0 amide bonds. The van der Waals surface area contributed by atoms with E-state index in [2.05, 4.69) is 25.4 Å². The van der Waals surface area contributed by atoms with E-state index in [9.17, 15) is 4.79 Å². The number of hydrogen-bond donors (Lipinski definition) is 1. The molecule has 1 saturated carbocycles. The Labute approximate surface area is 140 Å². The van der Waals surface area contributed by atoms with E-state index in [1.54, 1.807) is 17.0 Å². The first-order valence-electron chi connectivity index (χ1n) is 8.53. The maximum absolute atomic E-state index is 12.4. The lowest BCUT2D eigenvalue weighted by atomic mass is 10.0. The molecule has 7 nitrogen and oxygen atoms in total. The van der Waals surface area contributed by atoms with Crippen molar-refractivity contribution in [3.05, 3.63) is 40.6 Å². The SMILES string of the molecule is Cc1ccc(N2CC(CNc3nccn(CC4CC4)c3=O)C2)nn1. The molecule has 2 aliphatic rings. The molecule has 1 saturated heterocycles. The third-order valence-corrected chi connectivity index (χ3v) is 4.69. The summed E-state index contributed by atoms with van der Waals surface area (Å²) in [6.07, 6.45) is 5.96. The fraction of sp³-hybridized carbons (Fsp3) is 0.529. The molecule has 0 aromatic carbocycles. The summed E-state index contributed by atoms with van der Waals surface area (Å²) in [5.41, 5.74) is 0.917. The first-order chi connectivity index (χ1) is 11.7. The van der Waals surface area contributed by atoms with Gasteiger partial charge in [-0.25, -0.2) is 4.98 Å². The van der Waals surface area contributed by atoms with Gasteiger partial charge in [0.05, 0.1) is 5.69 Å². The topological polar surface area (TPSA) is 75.9 Å². The summed E-state index contributed by atoms with van der Waals surface area (Å²) in [4.78, 5) is 18.8. The first-order valence-corrected chi connectivity index (χ1v) is 8.53. The van der Waals surface area contributed by atoms with Crippen LogP contribution in [0.4, 0.5) is 11.6 Å². The number of rotatable bonds is 6. The maximum atomic E-state index is 12.4. The number of hydrogen-bond acceptors (Lipinski definition) is 6. The second-order valence-electron chi connectivity index (χ2n) is 6.86. The molecule has 1 N–H and O–H groups in total. The summed E-state index contributed by atoms with van der Waals surface area (Å²) in [6, 6.07) is 3.98. The fourth-order valence-electron chi connectivity index (χ4n) is 2.98. The van der Waals surface area contributed by atoms with Crippen LogP contribution in [0.1, 0.15) is 18.5 Å². The lowest BCUT2D eigenvalue weighted by Gasteiger charge is -2.39. The van der Waals surface area contributed by atoms with Gasteiger partial charge in [0.15, 0.2) is 11.6 Å². The van der Waals surface area contributed by atoms with Crippen LogP contribution in [0.3, 0.4) is 0 Å². The van der Waals surface area contributed by atoms with Crippen molar-refractivity contribution in [3.8, 4) is 0 Å². The van der Waals surface area contributed by atoms with Gasteiger partial charge in [0.2, 0.25) is 0 Å². The van der Waals surface area contributed by atoms with Crippen LogP contribution in [0.5, 0.6) is 0 Å². The van der Waals surface area contributed by atoms with Gasteiger partial charge in [-0.3, -0.25) is 4.79 Å². The molecule has 0 bridgehead atoms. The molecule has 126 valence electrons. The molecule has 24 heavy (non-hydrogen) atoms. The van der Waals surface area contributed by atoms with Crippen LogP contribution in [0.2, 0.25) is 0 Å². The highest BCUT2D eigenvalue weighted by Gasteiger charge is 2.28. The minimum atomic E-state index is -0.00928. The highest BCUT2D eigenvalue weighted by molar-refractivity contribution is 5.41. The number of aryl methyl sites for hydroxylation is 1. The predicted molar refractivity (Wildman–Crippen MR) is 92.2 cm³/mol. The van der Waals surface area contributed by atoms with Gasteiger partial charge in [0.25, 0.3) is 5.56 Å². The highest BCUT2D eigenvalue weighted by Crippen LogP contribution is 2.30. The molecular weight excluding hydrogens is 304 g/mol. The van der Waals surface area contributed by atoms with Gasteiger partial charge in [-0.1, -0.05) is 0 Å². The van der Waals surface area contributed by atoms with Crippen LogP contribution >= 0.6 is 0 Å². The third kappa shape index (κ3) is 3.25. The summed E-state index contributed by atoms with van der Waals surface area (Å²) in [5.74, 6) is 2.55. The molecule has 3 heterocycles. The molecular formula is C17H22N6O. The molecule has 4 rings (SSSR count). The number of anilines is 2. The summed E-state index contributed by atoms with van der Waals surface area (Å²) in [6.45, 7) is 5.36. The van der Waals surface area contributed by atoms with E-state index in [1.807, 2.05) is 19.1 Å². The maximum Gasteiger partial charge on any atom is 0.293 e. The molecule has 1 aliphatic carbocycles. The quantitative estimate of drug-likeness (QED) is 0.862. The zero-order valence-electron chi connectivity index (χ0n) is 13.9. The highest BCUT2D eigenvalue weighted by atomic mass is 16.1. The van der Waals surface area contributed by atoms with E-state index in [0.717, 1.165) is 37.7 Å². The molecule has 0 radical (unpaired) electrons. The second-order valence-corrected chi connectivity index (χ2v) is 6.86. The lowest BCUT2D eigenvalue weighted by Crippen LogP contribution is -2.50. The van der Waals surface area contributed by atoms with Crippen LogP contribution in [0, 0.1) is 18.8 Å². The average molecular weight is 326 g/mol. The van der Waals surface area contributed by atoms with Gasteiger partial charge in [-0.15, -0.1) is 5.10 Å². The van der Waals surface area contributed by atoms with Gasteiger partial charge in [0, 0.05) is 44.5 Å². The van der Waals surface area contributed by atoms with Crippen molar-refractivity contribution in [3.63, 3.8) is 0 Å². The van der Waals surface area contributed by atoms with Crippen molar-refractivity contribution in [2.75, 3.05) is 29.9 Å². The summed E-state index contributed by atoms with van der Waals surface area (Å²) < 4.78 is 1.78. The minimum absolute atomic E-state index is 0.00928. The van der Waals surface area contributed by atoms with E-state index < -0.39 is 0 Å². The van der Waals surface area contributed by atoms with Gasteiger partial charge in [-0.05, 0) is 37.8 Å². The average Bonchev–Trinajstić information content (AvgIpc) is 3.35. The Morgan fingerprint density at radius 3 is 2.75 bits per heavy atom. The Hall–Kier alpha value is -2.44. The van der Waals surface area contributed by atoms with E-state index in [-0.39, 0.29) is 5.56 Å². The molecule has 0 atom stereocenters. The Morgan fingerprint density at radius 2 is 2.04 bits per heavy atom. The van der Waals surface area contributed by atoms with Crippen LogP contribution < -0.4 is 15.8 Å². The van der Waals surface area contributed by atoms with E-state index in [4.69, 9.17) is 0 Å². The Morgan fingerprint density at radius 1 is 1.21 bits per heavy atom. The van der Waals surface area contributed by atoms with Crippen LogP contribution in [-0.2, 0) is 6.54 Å². The minimum Gasteiger partial charge on any atom is -0.365 e. The van der Waals surface area contributed by atoms with Crippen molar-refractivity contribution in [2.45, 2.75) is 26.3 Å².